The van der Waals surface area contributed by atoms with Crippen molar-refractivity contribution in [3.63, 3.8) is 0 Å². The molecule has 0 amide bonds. The monoisotopic (exact) mass is 227 g/mol. The van der Waals surface area contributed by atoms with Crippen LogP contribution in [0.15, 0.2) is 0 Å². The summed E-state index contributed by atoms with van der Waals surface area (Å²) in [6, 6.07) is 0. The lowest BCUT2D eigenvalue weighted by molar-refractivity contribution is 0.152. The van der Waals surface area contributed by atoms with Gasteiger partial charge in [-0.15, -0.1) is 0 Å². The van der Waals surface area contributed by atoms with Gasteiger partial charge in [0.15, 0.2) is 0 Å². The highest BCUT2D eigenvalue weighted by molar-refractivity contribution is 4.71. The minimum atomic E-state index is 0.272. The molecular formula is C13H29N3. The lowest BCUT2D eigenvalue weighted by atomic mass is 10.1. The number of nitrogens with one attached hydrogen (secondary N) is 1. The average molecular weight is 227 g/mol. The quantitative estimate of drug-likeness (QED) is 0.716. The highest BCUT2D eigenvalue weighted by Crippen LogP contribution is 2.03. The van der Waals surface area contributed by atoms with E-state index in [9.17, 15) is 0 Å². The third kappa shape index (κ3) is 6.46. The Bertz CT molecular complexity index is 178. The second-order valence-corrected chi connectivity index (χ2v) is 6.03. The summed E-state index contributed by atoms with van der Waals surface area (Å²) in [4.78, 5) is 5.01. The Kier molecular flexibility index (Phi) is 5.73. The van der Waals surface area contributed by atoms with Crippen LogP contribution in [0.3, 0.4) is 0 Å². The van der Waals surface area contributed by atoms with Crippen molar-refractivity contribution >= 4 is 0 Å². The number of piperazine rings is 1. The average Bonchev–Trinajstić information content (AvgIpc) is 2.19. The fraction of sp³-hybridized carbons (Fsp3) is 1.00. The van der Waals surface area contributed by atoms with Crippen LogP contribution in [0.4, 0.5) is 0 Å². The topological polar surface area (TPSA) is 18.5 Å². The molecule has 0 aromatic heterocycles. The fourth-order valence-corrected chi connectivity index (χ4v) is 2.00. The first-order valence-corrected chi connectivity index (χ1v) is 6.63. The lowest BCUT2D eigenvalue weighted by Crippen LogP contribution is -2.44. The first-order chi connectivity index (χ1) is 7.47. The maximum atomic E-state index is 3.54. The Morgan fingerprint density at radius 1 is 1.00 bits per heavy atom. The van der Waals surface area contributed by atoms with Crippen LogP contribution in [0.5, 0.6) is 0 Å². The van der Waals surface area contributed by atoms with Crippen molar-refractivity contribution in [2.45, 2.75) is 39.2 Å². The summed E-state index contributed by atoms with van der Waals surface area (Å²) in [5.74, 6) is 0. The van der Waals surface area contributed by atoms with Crippen molar-refractivity contribution in [1.82, 2.24) is 15.1 Å². The van der Waals surface area contributed by atoms with Crippen LogP contribution in [-0.2, 0) is 0 Å². The van der Waals surface area contributed by atoms with Gasteiger partial charge >= 0.3 is 0 Å². The van der Waals surface area contributed by atoms with Crippen LogP contribution >= 0.6 is 0 Å². The Labute approximate surface area is 101 Å². The normalized spacial score (nSPS) is 20.2. The predicted octanol–water partition coefficient (Wildman–Crippen LogP) is 1.40. The molecule has 0 aromatic rings. The first-order valence-electron chi connectivity index (χ1n) is 6.63. The number of unbranched alkanes of at least 4 members (excludes halogenated alkanes) is 1. The van der Waals surface area contributed by atoms with Gasteiger partial charge in [-0.25, -0.2) is 0 Å². The Morgan fingerprint density at radius 2 is 1.62 bits per heavy atom. The summed E-state index contributed by atoms with van der Waals surface area (Å²) in [6.45, 7) is 14.1. The Hall–Kier alpha value is -0.120. The van der Waals surface area contributed by atoms with E-state index in [0.29, 0.717) is 0 Å². The molecule has 1 fully saturated rings. The van der Waals surface area contributed by atoms with Gasteiger partial charge in [-0.1, -0.05) is 0 Å². The van der Waals surface area contributed by atoms with E-state index in [2.05, 4.69) is 42.9 Å². The van der Waals surface area contributed by atoms with Crippen LogP contribution in [0.1, 0.15) is 33.6 Å². The van der Waals surface area contributed by atoms with Crippen LogP contribution < -0.4 is 5.32 Å². The summed E-state index contributed by atoms with van der Waals surface area (Å²) < 4.78 is 0. The number of likely N-dealkylation sites (N-methyl/N-ethyl adjacent to an activating group) is 1. The number of nitrogens with zero attached hydrogens (tertiary/aromatic N) is 2. The molecule has 1 N–H and O–H groups in total. The van der Waals surface area contributed by atoms with Gasteiger partial charge in [0.25, 0.3) is 0 Å². The number of hydrogen-bond donors (Lipinski definition) is 1. The van der Waals surface area contributed by atoms with Crippen molar-refractivity contribution < 1.29 is 0 Å². The van der Waals surface area contributed by atoms with Gasteiger partial charge < -0.3 is 15.1 Å². The largest absolute Gasteiger partial charge is 0.312 e. The van der Waals surface area contributed by atoms with E-state index in [1.807, 2.05) is 0 Å². The third-order valence-corrected chi connectivity index (χ3v) is 3.15. The van der Waals surface area contributed by atoms with Crippen molar-refractivity contribution in [3.8, 4) is 0 Å². The molecule has 0 atom stereocenters. The van der Waals surface area contributed by atoms with Gasteiger partial charge in [0, 0.05) is 31.7 Å². The first kappa shape index (κ1) is 13.9. The lowest BCUT2D eigenvalue weighted by Gasteiger charge is -2.32. The second kappa shape index (κ2) is 6.58. The van der Waals surface area contributed by atoms with Crippen LogP contribution in [-0.4, -0.2) is 61.7 Å². The van der Waals surface area contributed by atoms with Crippen molar-refractivity contribution in [2.75, 3.05) is 46.3 Å². The number of rotatable bonds is 5. The molecule has 0 aromatic carbocycles. The molecule has 3 nitrogen and oxygen atoms in total. The molecule has 0 unspecified atom stereocenters. The summed E-state index contributed by atoms with van der Waals surface area (Å²) in [5.41, 5.74) is 0.272. The minimum Gasteiger partial charge on any atom is -0.312 e. The zero-order chi connectivity index (χ0) is 12.0. The Morgan fingerprint density at radius 3 is 2.19 bits per heavy atom. The molecule has 1 aliphatic heterocycles. The second-order valence-electron chi connectivity index (χ2n) is 6.03. The maximum absolute atomic E-state index is 3.54. The minimum absolute atomic E-state index is 0.272. The van der Waals surface area contributed by atoms with Gasteiger partial charge in [-0.2, -0.15) is 0 Å². The maximum Gasteiger partial charge on any atom is 0.0110 e. The molecular weight excluding hydrogens is 198 g/mol. The third-order valence-electron chi connectivity index (χ3n) is 3.15. The SMILES string of the molecule is CN1CCN(CCCCNC(C)(C)C)CC1. The molecule has 1 aliphatic rings. The van der Waals surface area contributed by atoms with E-state index in [-0.39, 0.29) is 5.54 Å². The molecule has 96 valence electrons. The van der Waals surface area contributed by atoms with Crippen LogP contribution in [0, 0.1) is 0 Å². The molecule has 3 heteroatoms. The molecule has 1 rings (SSSR count). The summed E-state index contributed by atoms with van der Waals surface area (Å²) in [7, 11) is 2.21. The molecule has 0 radical (unpaired) electrons. The van der Waals surface area contributed by atoms with Gasteiger partial charge in [0.2, 0.25) is 0 Å². The van der Waals surface area contributed by atoms with E-state index >= 15 is 0 Å². The van der Waals surface area contributed by atoms with Gasteiger partial charge in [-0.05, 0) is 53.8 Å². The van der Waals surface area contributed by atoms with Crippen molar-refractivity contribution in [3.05, 3.63) is 0 Å². The van der Waals surface area contributed by atoms with E-state index < -0.39 is 0 Å². The van der Waals surface area contributed by atoms with Crippen LogP contribution in [0.25, 0.3) is 0 Å². The fourth-order valence-electron chi connectivity index (χ4n) is 2.00. The van der Waals surface area contributed by atoms with E-state index in [0.717, 1.165) is 6.54 Å². The standard InChI is InChI=1S/C13H29N3/c1-13(2,3)14-7-5-6-8-16-11-9-15(4)10-12-16/h14H,5-12H2,1-4H3. The predicted molar refractivity (Wildman–Crippen MR) is 70.9 cm³/mol. The van der Waals surface area contributed by atoms with Crippen molar-refractivity contribution in [2.24, 2.45) is 0 Å². The van der Waals surface area contributed by atoms with Gasteiger partial charge in [-0.3, -0.25) is 0 Å². The molecule has 1 saturated heterocycles. The van der Waals surface area contributed by atoms with Crippen LogP contribution in [0.2, 0.25) is 0 Å². The van der Waals surface area contributed by atoms with Gasteiger partial charge in [0.05, 0.1) is 0 Å². The van der Waals surface area contributed by atoms with Crippen molar-refractivity contribution in [1.29, 1.82) is 0 Å². The smallest absolute Gasteiger partial charge is 0.0110 e. The molecule has 0 aliphatic carbocycles. The molecule has 0 spiro atoms. The van der Waals surface area contributed by atoms with E-state index in [1.54, 1.807) is 0 Å². The molecule has 0 bridgehead atoms. The summed E-state index contributed by atoms with van der Waals surface area (Å²) in [6.07, 6.45) is 2.62. The molecule has 0 saturated carbocycles. The highest BCUT2D eigenvalue weighted by atomic mass is 15.2. The van der Waals surface area contributed by atoms with E-state index in [4.69, 9.17) is 0 Å². The highest BCUT2D eigenvalue weighted by Gasteiger charge is 2.13. The zero-order valence-corrected chi connectivity index (χ0v) is 11.6. The van der Waals surface area contributed by atoms with E-state index in [1.165, 1.54) is 45.6 Å². The summed E-state index contributed by atoms with van der Waals surface area (Å²) in [5, 5.41) is 3.54. The molecule has 1 heterocycles. The van der Waals surface area contributed by atoms with Gasteiger partial charge in [0.1, 0.15) is 0 Å². The Balaban J connectivity index is 1.95. The molecule has 16 heavy (non-hydrogen) atoms. The summed E-state index contributed by atoms with van der Waals surface area (Å²) >= 11 is 0. The number of hydrogen-bond acceptors (Lipinski definition) is 3. The zero-order valence-electron chi connectivity index (χ0n) is 11.6.